The van der Waals surface area contributed by atoms with E-state index in [-0.39, 0.29) is 0 Å². The molecule has 1 aliphatic rings. The molecule has 0 amide bonds. The van der Waals surface area contributed by atoms with E-state index in [0.717, 1.165) is 0 Å². The van der Waals surface area contributed by atoms with Crippen LogP contribution in [0.4, 0.5) is 0 Å². The SMILES string of the molecule is CCCCCCCCCCCCCCCCCCCC[Si]1(CCCCCCCCCCCCCCCCCCCC)c2ccsc2-c2sccc21. The van der Waals surface area contributed by atoms with Crippen LogP contribution in [-0.4, -0.2) is 8.07 Å². The first-order valence-corrected chi connectivity index (χ1v) is 27.7. The fourth-order valence-electron chi connectivity index (χ4n) is 9.19. The van der Waals surface area contributed by atoms with Gasteiger partial charge in [-0.1, -0.05) is 257 Å². The van der Waals surface area contributed by atoms with Crippen LogP contribution in [0.2, 0.25) is 12.1 Å². The van der Waals surface area contributed by atoms with E-state index in [0.29, 0.717) is 0 Å². The van der Waals surface area contributed by atoms with Crippen LogP contribution < -0.4 is 10.4 Å². The van der Waals surface area contributed by atoms with Gasteiger partial charge in [-0.3, -0.25) is 0 Å². The van der Waals surface area contributed by atoms with Gasteiger partial charge >= 0.3 is 0 Å². The number of rotatable bonds is 38. The van der Waals surface area contributed by atoms with E-state index in [1.54, 1.807) is 9.75 Å². The van der Waals surface area contributed by atoms with Gasteiger partial charge in [-0.15, -0.1) is 22.7 Å². The Hall–Kier alpha value is -0.383. The minimum absolute atomic E-state index is 1.37. The zero-order valence-corrected chi connectivity index (χ0v) is 37.1. The van der Waals surface area contributed by atoms with Gasteiger partial charge in [0.2, 0.25) is 0 Å². The van der Waals surface area contributed by atoms with Crippen LogP contribution in [0, 0.1) is 0 Å². The van der Waals surface area contributed by atoms with Gasteiger partial charge in [0.15, 0.2) is 0 Å². The second-order valence-corrected chi connectivity index (χ2v) is 23.0. The molecule has 0 nitrogen and oxygen atoms in total. The predicted octanol–water partition coefficient (Wildman–Crippen LogP) is 17.4. The Bertz CT molecular complexity index is 953. The number of fused-ring (bicyclic) bond motifs is 3. The van der Waals surface area contributed by atoms with Crippen molar-refractivity contribution < 1.29 is 0 Å². The Labute approximate surface area is 329 Å². The zero-order valence-electron chi connectivity index (χ0n) is 34.5. The Morgan fingerprint density at radius 1 is 0.314 bits per heavy atom. The molecule has 3 heterocycles. The highest BCUT2D eigenvalue weighted by Crippen LogP contribution is 2.40. The molecule has 0 saturated carbocycles. The van der Waals surface area contributed by atoms with Crippen LogP contribution in [0.15, 0.2) is 22.9 Å². The van der Waals surface area contributed by atoms with Crippen LogP contribution >= 0.6 is 22.7 Å². The third-order valence-electron chi connectivity index (χ3n) is 12.5. The monoisotopic (exact) mass is 755 g/mol. The van der Waals surface area contributed by atoms with Gasteiger partial charge in [0.25, 0.3) is 0 Å². The topological polar surface area (TPSA) is 0 Å². The summed E-state index contributed by atoms with van der Waals surface area (Å²) in [5, 5.41) is 8.52. The summed E-state index contributed by atoms with van der Waals surface area (Å²) in [6, 6.07) is 8.17. The maximum absolute atomic E-state index is 2.57. The molecule has 2 aromatic rings. The van der Waals surface area contributed by atoms with Crippen molar-refractivity contribution in [2.24, 2.45) is 0 Å². The van der Waals surface area contributed by atoms with Crippen molar-refractivity contribution in [3.05, 3.63) is 22.9 Å². The van der Waals surface area contributed by atoms with Crippen molar-refractivity contribution in [1.82, 2.24) is 0 Å². The normalized spacial score (nSPS) is 13.3. The van der Waals surface area contributed by atoms with Gasteiger partial charge < -0.3 is 0 Å². The highest BCUT2D eigenvalue weighted by Gasteiger charge is 2.45. The van der Waals surface area contributed by atoms with E-state index < -0.39 is 8.07 Å². The molecule has 51 heavy (non-hydrogen) atoms. The van der Waals surface area contributed by atoms with E-state index >= 15 is 0 Å². The van der Waals surface area contributed by atoms with E-state index in [4.69, 9.17) is 0 Å². The van der Waals surface area contributed by atoms with Crippen molar-refractivity contribution in [3.8, 4) is 9.75 Å². The summed E-state index contributed by atoms with van der Waals surface area (Å²) in [7, 11) is -1.57. The standard InChI is InChI=1S/C48H86S2Si/c1-3-5-7-9-11-13-15-17-19-21-23-25-27-29-31-33-35-37-43-51(45-39-41-49-47(45)48-46(51)40-42-50-48)44-38-36-34-32-30-28-26-24-22-20-18-16-14-12-10-8-6-4-2/h39-42H,3-38,43-44H2,1-2H3. The summed E-state index contributed by atoms with van der Waals surface area (Å²) in [6.07, 6.45) is 52.9. The van der Waals surface area contributed by atoms with Gasteiger partial charge in [-0.2, -0.15) is 0 Å². The number of hydrogen-bond donors (Lipinski definition) is 0. The van der Waals surface area contributed by atoms with Crippen LogP contribution in [-0.2, 0) is 0 Å². The molecule has 0 radical (unpaired) electrons. The van der Waals surface area contributed by atoms with Crippen molar-refractivity contribution in [3.63, 3.8) is 0 Å². The lowest BCUT2D eigenvalue weighted by Gasteiger charge is -2.29. The fraction of sp³-hybridized carbons (Fsp3) is 0.833. The predicted molar refractivity (Wildman–Crippen MR) is 240 cm³/mol. The number of hydrogen-bond acceptors (Lipinski definition) is 2. The van der Waals surface area contributed by atoms with Crippen molar-refractivity contribution in [1.29, 1.82) is 0 Å². The number of thiophene rings is 2. The smallest absolute Gasteiger partial charge is 0.122 e. The Morgan fingerprint density at radius 3 is 0.765 bits per heavy atom. The van der Waals surface area contributed by atoms with Gasteiger partial charge in [0, 0.05) is 9.75 Å². The molecule has 0 saturated heterocycles. The number of unbranched alkanes of at least 4 members (excludes halogenated alkanes) is 34. The van der Waals surface area contributed by atoms with Gasteiger partial charge in [0.1, 0.15) is 8.07 Å². The zero-order chi connectivity index (χ0) is 35.9. The second-order valence-electron chi connectivity index (χ2n) is 16.9. The van der Waals surface area contributed by atoms with Crippen LogP contribution in [0.25, 0.3) is 9.75 Å². The van der Waals surface area contributed by atoms with Gasteiger partial charge in [-0.05, 0) is 33.2 Å². The molecular formula is C48H86S2Si. The Kier molecular flexibility index (Phi) is 27.3. The lowest BCUT2D eigenvalue weighted by atomic mass is 10.0. The molecule has 3 rings (SSSR count). The average Bonchev–Trinajstić information content (AvgIpc) is 3.88. The maximum Gasteiger partial charge on any atom is 0.122 e. The molecule has 0 unspecified atom stereocenters. The van der Waals surface area contributed by atoms with Crippen LogP contribution in [0.1, 0.15) is 245 Å². The fourth-order valence-corrected chi connectivity index (χ4v) is 18.2. The average molecular weight is 755 g/mol. The van der Waals surface area contributed by atoms with Crippen LogP contribution in [0.3, 0.4) is 0 Å². The molecule has 0 N–H and O–H groups in total. The minimum Gasteiger partial charge on any atom is -0.143 e. The molecule has 0 bridgehead atoms. The summed E-state index contributed by atoms with van der Waals surface area (Å²) in [6.45, 7) is 4.63. The molecule has 294 valence electrons. The lowest BCUT2D eigenvalue weighted by molar-refractivity contribution is 0.526. The van der Waals surface area contributed by atoms with Gasteiger partial charge in [-0.25, -0.2) is 0 Å². The molecule has 3 heteroatoms. The molecule has 2 aromatic heterocycles. The maximum atomic E-state index is 2.57. The third kappa shape index (κ3) is 18.7. The van der Waals surface area contributed by atoms with Crippen molar-refractivity contribution >= 4 is 41.1 Å². The molecule has 1 aliphatic heterocycles. The summed E-state index contributed by atoms with van der Waals surface area (Å²) >= 11 is 4.08. The van der Waals surface area contributed by atoms with E-state index in [9.17, 15) is 0 Å². The highest BCUT2D eigenvalue weighted by atomic mass is 32.1. The third-order valence-corrected chi connectivity index (χ3v) is 20.1. The quantitative estimate of drug-likeness (QED) is 0.0473. The lowest BCUT2D eigenvalue weighted by Crippen LogP contribution is -2.54. The molecule has 0 atom stereocenters. The van der Waals surface area contributed by atoms with Crippen LogP contribution in [0.5, 0.6) is 0 Å². The first-order valence-electron chi connectivity index (χ1n) is 23.5. The molecule has 0 fully saturated rings. The largest absolute Gasteiger partial charge is 0.143 e. The summed E-state index contributed by atoms with van der Waals surface area (Å²) < 4.78 is 0. The van der Waals surface area contributed by atoms with E-state index in [2.05, 4.69) is 36.7 Å². The molecular weight excluding hydrogens is 669 g/mol. The van der Waals surface area contributed by atoms with E-state index in [1.165, 1.54) is 243 Å². The van der Waals surface area contributed by atoms with Crippen molar-refractivity contribution in [2.75, 3.05) is 0 Å². The first kappa shape index (κ1) is 45.0. The van der Waals surface area contributed by atoms with E-state index in [1.807, 2.05) is 33.0 Å². The van der Waals surface area contributed by atoms with Gasteiger partial charge in [0.05, 0.1) is 0 Å². The van der Waals surface area contributed by atoms with Crippen molar-refractivity contribution in [2.45, 2.75) is 257 Å². The minimum atomic E-state index is -1.57. The summed E-state index contributed by atoms with van der Waals surface area (Å²) in [5.74, 6) is 0. The summed E-state index contributed by atoms with van der Waals surface area (Å²) in [4.78, 5) is 3.35. The molecule has 0 aromatic carbocycles. The molecule has 0 aliphatic carbocycles. The first-order chi connectivity index (χ1) is 25.3. The molecule has 0 spiro atoms. The Balaban J connectivity index is 1.19. The highest BCUT2D eigenvalue weighted by molar-refractivity contribution is 7.27. The summed E-state index contributed by atoms with van der Waals surface area (Å²) in [5.41, 5.74) is 0. The second kappa shape index (κ2) is 30.9. The Morgan fingerprint density at radius 2 is 0.529 bits per heavy atom.